The van der Waals surface area contributed by atoms with Crippen molar-refractivity contribution in [2.75, 3.05) is 58.2 Å². The standard InChI is InChI=1S/C22H31ClN6O3/c1-3-27(2)19(24)20(30)26-16-4-5-17(18(23)14-16)22(32)29-12-10-28(11-13-29)21(31)15-6-8-25-9-7-15/h4-5,14-15,24-25H,3,6-13H2,1-2H3,(H,26,30). The fraction of sp³-hybridized carbons (Fsp3) is 0.545. The van der Waals surface area contributed by atoms with Gasteiger partial charge in [-0.25, -0.2) is 0 Å². The molecule has 0 aromatic heterocycles. The van der Waals surface area contributed by atoms with Gasteiger partial charge in [-0.05, 0) is 51.1 Å². The van der Waals surface area contributed by atoms with Gasteiger partial charge in [-0.2, -0.15) is 0 Å². The lowest BCUT2D eigenvalue weighted by atomic mass is 9.96. The molecule has 2 saturated heterocycles. The van der Waals surface area contributed by atoms with Crippen LogP contribution in [0.5, 0.6) is 0 Å². The van der Waals surface area contributed by atoms with E-state index in [-0.39, 0.29) is 28.6 Å². The lowest BCUT2D eigenvalue weighted by Gasteiger charge is -2.37. The zero-order valence-electron chi connectivity index (χ0n) is 18.6. The number of amidine groups is 1. The molecule has 10 heteroatoms. The summed E-state index contributed by atoms with van der Waals surface area (Å²) in [7, 11) is 1.66. The maximum Gasteiger partial charge on any atom is 0.290 e. The van der Waals surface area contributed by atoms with E-state index in [1.165, 1.54) is 11.0 Å². The summed E-state index contributed by atoms with van der Waals surface area (Å²) in [6, 6.07) is 4.70. The van der Waals surface area contributed by atoms with Crippen LogP contribution < -0.4 is 10.6 Å². The van der Waals surface area contributed by atoms with E-state index >= 15 is 0 Å². The van der Waals surface area contributed by atoms with E-state index in [1.807, 2.05) is 11.8 Å². The zero-order chi connectivity index (χ0) is 23.3. The molecule has 0 atom stereocenters. The van der Waals surface area contributed by atoms with Crippen molar-refractivity contribution in [3.05, 3.63) is 28.8 Å². The van der Waals surface area contributed by atoms with E-state index in [0.717, 1.165) is 25.9 Å². The van der Waals surface area contributed by atoms with Crippen LogP contribution in [0.15, 0.2) is 18.2 Å². The van der Waals surface area contributed by atoms with Gasteiger partial charge in [0.05, 0.1) is 10.6 Å². The highest BCUT2D eigenvalue weighted by molar-refractivity contribution is 6.41. The molecule has 2 aliphatic rings. The molecule has 0 spiro atoms. The fourth-order valence-corrected chi connectivity index (χ4v) is 4.18. The van der Waals surface area contributed by atoms with Gasteiger partial charge in [-0.15, -0.1) is 0 Å². The summed E-state index contributed by atoms with van der Waals surface area (Å²) >= 11 is 6.34. The Bertz CT molecular complexity index is 878. The van der Waals surface area contributed by atoms with Crippen molar-refractivity contribution < 1.29 is 14.4 Å². The minimum absolute atomic E-state index is 0.0781. The van der Waals surface area contributed by atoms with E-state index in [9.17, 15) is 14.4 Å². The first-order valence-corrected chi connectivity index (χ1v) is 11.4. The van der Waals surface area contributed by atoms with Gasteiger partial charge in [0.1, 0.15) is 0 Å². The van der Waals surface area contributed by atoms with Gasteiger partial charge in [0.2, 0.25) is 5.91 Å². The maximum atomic E-state index is 13.0. The van der Waals surface area contributed by atoms with E-state index in [4.69, 9.17) is 17.0 Å². The number of amides is 3. The number of nitrogens with one attached hydrogen (secondary N) is 3. The average Bonchev–Trinajstić information content (AvgIpc) is 2.83. The molecule has 3 rings (SSSR count). The SMILES string of the molecule is CCN(C)C(=N)C(=O)Nc1ccc(C(=O)N2CCN(C(=O)C3CCNCC3)CC2)c(Cl)c1. The number of rotatable bonds is 4. The molecule has 2 aliphatic heterocycles. The highest BCUT2D eigenvalue weighted by Crippen LogP contribution is 2.24. The second-order valence-corrected chi connectivity index (χ2v) is 8.56. The minimum Gasteiger partial charge on any atom is -0.356 e. The van der Waals surface area contributed by atoms with E-state index < -0.39 is 5.91 Å². The monoisotopic (exact) mass is 462 g/mol. The topological polar surface area (TPSA) is 109 Å². The van der Waals surface area contributed by atoms with Crippen molar-refractivity contribution in [1.82, 2.24) is 20.0 Å². The summed E-state index contributed by atoms with van der Waals surface area (Å²) in [5, 5.41) is 14.0. The molecule has 0 bridgehead atoms. The number of hydrogen-bond donors (Lipinski definition) is 3. The van der Waals surface area contributed by atoms with E-state index in [1.54, 1.807) is 24.1 Å². The molecule has 2 heterocycles. The number of benzene rings is 1. The number of carbonyl (C=O) groups is 3. The maximum absolute atomic E-state index is 13.0. The van der Waals surface area contributed by atoms with Gasteiger partial charge >= 0.3 is 0 Å². The number of halogens is 1. The Morgan fingerprint density at radius 3 is 2.38 bits per heavy atom. The predicted octanol–water partition coefficient (Wildman–Crippen LogP) is 1.49. The molecule has 9 nitrogen and oxygen atoms in total. The van der Waals surface area contributed by atoms with E-state index in [2.05, 4.69) is 10.6 Å². The molecule has 1 aromatic rings. The van der Waals surface area contributed by atoms with Gasteiger partial charge in [0.25, 0.3) is 11.8 Å². The number of piperazine rings is 1. The van der Waals surface area contributed by atoms with Crippen molar-refractivity contribution in [3.63, 3.8) is 0 Å². The Balaban J connectivity index is 1.57. The van der Waals surface area contributed by atoms with Crippen LogP contribution in [-0.4, -0.2) is 91.1 Å². The van der Waals surface area contributed by atoms with Crippen LogP contribution in [0.1, 0.15) is 30.1 Å². The molecule has 174 valence electrons. The van der Waals surface area contributed by atoms with Gasteiger partial charge in [-0.1, -0.05) is 11.6 Å². The van der Waals surface area contributed by atoms with Crippen LogP contribution in [0, 0.1) is 11.3 Å². The summed E-state index contributed by atoms with van der Waals surface area (Å²) in [6.45, 7) is 6.11. The van der Waals surface area contributed by atoms with Crippen LogP contribution >= 0.6 is 11.6 Å². The molecule has 0 saturated carbocycles. The smallest absolute Gasteiger partial charge is 0.290 e. The van der Waals surface area contributed by atoms with Crippen LogP contribution in [-0.2, 0) is 9.59 Å². The third-order valence-corrected chi connectivity index (χ3v) is 6.41. The third kappa shape index (κ3) is 5.58. The molecule has 0 aliphatic carbocycles. The number of hydrogen-bond acceptors (Lipinski definition) is 5. The molecule has 3 amide bonds. The van der Waals surface area contributed by atoms with Crippen molar-refractivity contribution >= 4 is 40.8 Å². The van der Waals surface area contributed by atoms with Gasteiger partial charge in [0, 0.05) is 51.4 Å². The molecule has 2 fully saturated rings. The highest BCUT2D eigenvalue weighted by atomic mass is 35.5. The Morgan fingerprint density at radius 1 is 1.16 bits per heavy atom. The number of anilines is 1. The Hall–Kier alpha value is -2.65. The first kappa shape index (κ1) is 24.0. The normalized spacial score (nSPS) is 17.1. The number of nitrogens with zero attached hydrogens (tertiary/aromatic N) is 3. The molecular weight excluding hydrogens is 432 g/mol. The molecule has 32 heavy (non-hydrogen) atoms. The number of piperidine rings is 1. The minimum atomic E-state index is -0.543. The first-order valence-electron chi connectivity index (χ1n) is 11.0. The van der Waals surface area contributed by atoms with Crippen LogP contribution in [0.25, 0.3) is 0 Å². The second-order valence-electron chi connectivity index (χ2n) is 8.15. The van der Waals surface area contributed by atoms with Crippen molar-refractivity contribution in [2.45, 2.75) is 19.8 Å². The Kier molecular flexibility index (Phi) is 8.09. The Labute approximate surface area is 193 Å². The van der Waals surface area contributed by atoms with Crippen LogP contribution in [0.2, 0.25) is 5.02 Å². The zero-order valence-corrected chi connectivity index (χ0v) is 19.4. The summed E-state index contributed by atoms with van der Waals surface area (Å²) in [4.78, 5) is 42.9. The summed E-state index contributed by atoms with van der Waals surface area (Å²) in [5.74, 6) is -0.620. The van der Waals surface area contributed by atoms with Crippen molar-refractivity contribution in [2.24, 2.45) is 5.92 Å². The lowest BCUT2D eigenvalue weighted by Crippen LogP contribution is -2.52. The Morgan fingerprint density at radius 2 is 1.78 bits per heavy atom. The van der Waals surface area contributed by atoms with E-state index in [0.29, 0.717) is 44.0 Å². The third-order valence-electron chi connectivity index (χ3n) is 6.10. The molecule has 0 radical (unpaired) electrons. The number of likely N-dealkylation sites (N-methyl/N-ethyl adjacent to an activating group) is 1. The summed E-state index contributed by atoms with van der Waals surface area (Å²) in [6.07, 6.45) is 1.73. The highest BCUT2D eigenvalue weighted by Gasteiger charge is 2.30. The first-order chi connectivity index (χ1) is 15.3. The van der Waals surface area contributed by atoms with Crippen molar-refractivity contribution in [3.8, 4) is 0 Å². The molecule has 3 N–H and O–H groups in total. The van der Waals surface area contributed by atoms with Gasteiger partial charge < -0.3 is 25.3 Å². The van der Waals surface area contributed by atoms with Gasteiger partial charge in [0.15, 0.2) is 5.84 Å². The largest absolute Gasteiger partial charge is 0.356 e. The van der Waals surface area contributed by atoms with Crippen LogP contribution in [0.3, 0.4) is 0 Å². The molecular formula is C22H31ClN6O3. The quantitative estimate of drug-likeness (QED) is 0.464. The van der Waals surface area contributed by atoms with Crippen molar-refractivity contribution in [1.29, 1.82) is 5.41 Å². The lowest BCUT2D eigenvalue weighted by molar-refractivity contribution is -0.137. The second kappa shape index (κ2) is 10.8. The molecule has 1 aromatic carbocycles. The molecule has 0 unspecified atom stereocenters. The average molecular weight is 463 g/mol. The van der Waals surface area contributed by atoms with Gasteiger partial charge in [-0.3, -0.25) is 19.8 Å². The predicted molar refractivity (Wildman–Crippen MR) is 124 cm³/mol. The number of carbonyl (C=O) groups excluding carboxylic acids is 3. The summed E-state index contributed by atoms with van der Waals surface area (Å²) < 4.78 is 0. The fourth-order valence-electron chi connectivity index (χ4n) is 3.92. The summed E-state index contributed by atoms with van der Waals surface area (Å²) in [5.41, 5.74) is 0.770. The van der Waals surface area contributed by atoms with Crippen LogP contribution in [0.4, 0.5) is 5.69 Å².